The summed E-state index contributed by atoms with van der Waals surface area (Å²) in [7, 11) is 0. The number of nitrogens with one attached hydrogen (secondary N) is 1. The highest BCUT2D eigenvalue weighted by Gasteiger charge is 2.18. The quantitative estimate of drug-likeness (QED) is 0.751. The fourth-order valence-corrected chi connectivity index (χ4v) is 2.80. The molecule has 0 aliphatic carbocycles. The van der Waals surface area contributed by atoms with Crippen molar-refractivity contribution in [3.63, 3.8) is 0 Å². The van der Waals surface area contributed by atoms with Crippen LogP contribution < -0.4 is 10.1 Å². The summed E-state index contributed by atoms with van der Waals surface area (Å²) in [4.78, 5) is 24.0. The molecule has 1 N–H and O–H groups in total. The number of hydrogen-bond donors (Lipinski definition) is 1. The van der Waals surface area contributed by atoms with Crippen molar-refractivity contribution < 1.29 is 19.1 Å². The van der Waals surface area contributed by atoms with Gasteiger partial charge in [-0.2, -0.15) is 0 Å². The van der Waals surface area contributed by atoms with Crippen LogP contribution in [0.5, 0.6) is 5.75 Å². The van der Waals surface area contributed by atoms with Gasteiger partial charge >= 0.3 is 5.97 Å². The van der Waals surface area contributed by atoms with E-state index in [9.17, 15) is 9.59 Å². The molecule has 0 aliphatic heterocycles. The molecule has 1 amide bonds. The van der Waals surface area contributed by atoms with E-state index in [2.05, 4.69) is 5.32 Å². The number of aryl methyl sites for hydroxylation is 2. The third-order valence-electron chi connectivity index (χ3n) is 3.75. The first-order valence-corrected chi connectivity index (χ1v) is 8.65. The summed E-state index contributed by atoms with van der Waals surface area (Å²) < 4.78 is 10.7. The summed E-state index contributed by atoms with van der Waals surface area (Å²) in [5.74, 6) is -0.380. The van der Waals surface area contributed by atoms with Crippen LogP contribution in [0.25, 0.3) is 0 Å². The Morgan fingerprint density at radius 1 is 1.12 bits per heavy atom. The lowest BCUT2D eigenvalue weighted by atomic mass is 10.1. The van der Waals surface area contributed by atoms with E-state index in [1.165, 1.54) is 6.92 Å². The van der Waals surface area contributed by atoms with Gasteiger partial charge in [-0.25, -0.2) is 4.79 Å². The van der Waals surface area contributed by atoms with Gasteiger partial charge in [-0.3, -0.25) is 4.79 Å². The molecule has 0 bridgehead atoms. The van der Waals surface area contributed by atoms with Crippen LogP contribution in [-0.2, 0) is 20.9 Å². The number of esters is 1. The standard InChI is InChI=1S/C20H22ClNO4/c1-13-9-17(21)10-14(2)19(13)25-12-18(23)26-15(3)20(24)22-11-16-7-5-4-6-8-16/h4-10,15H,11-12H2,1-3H3,(H,22,24)/t15-/m1/s1. The summed E-state index contributed by atoms with van der Waals surface area (Å²) in [6.07, 6.45) is -0.901. The topological polar surface area (TPSA) is 64.6 Å². The minimum atomic E-state index is -0.901. The molecule has 0 fully saturated rings. The predicted octanol–water partition coefficient (Wildman–Crippen LogP) is 3.58. The van der Waals surface area contributed by atoms with Gasteiger partial charge in [0.25, 0.3) is 5.91 Å². The zero-order valence-electron chi connectivity index (χ0n) is 15.0. The largest absolute Gasteiger partial charge is 0.481 e. The fourth-order valence-electron chi connectivity index (χ4n) is 2.47. The van der Waals surface area contributed by atoms with Crippen LogP contribution in [0.3, 0.4) is 0 Å². The number of carbonyl (C=O) groups excluding carboxylic acids is 2. The first kappa shape index (κ1) is 19.8. The Balaban J connectivity index is 1.80. The van der Waals surface area contributed by atoms with E-state index in [0.29, 0.717) is 17.3 Å². The number of hydrogen-bond acceptors (Lipinski definition) is 4. The maximum Gasteiger partial charge on any atom is 0.344 e. The molecule has 0 heterocycles. The van der Waals surface area contributed by atoms with Crippen molar-refractivity contribution in [1.82, 2.24) is 5.32 Å². The predicted molar refractivity (Wildman–Crippen MR) is 100 cm³/mol. The first-order chi connectivity index (χ1) is 12.4. The van der Waals surface area contributed by atoms with Crippen molar-refractivity contribution >= 4 is 23.5 Å². The lowest BCUT2D eigenvalue weighted by Gasteiger charge is -2.15. The molecule has 0 saturated heterocycles. The number of rotatable bonds is 7. The van der Waals surface area contributed by atoms with Crippen molar-refractivity contribution in [3.05, 3.63) is 64.2 Å². The summed E-state index contributed by atoms with van der Waals surface area (Å²) in [6.45, 7) is 5.32. The average molecular weight is 376 g/mol. The molecule has 1 atom stereocenters. The summed E-state index contributed by atoms with van der Waals surface area (Å²) in [5.41, 5.74) is 2.63. The van der Waals surface area contributed by atoms with Crippen LogP contribution in [-0.4, -0.2) is 24.6 Å². The van der Waals surface area contributed by atoms with Gasteiger partial charge in [0, 0.05) is 11.6 Å². The second kappa shape index (κ2) is 9.25. The van der Waals surface area contributed by atoms with Crippen LogP contribution in [0.15, 0.2) is 42.5 Å². The van der Waals surface area contributed by atoms with Crippen LogP contribution in [0, 0.1) is 13.8 Å². The third kappa shape index (κ3) is 5.77. The van der Waals surface area contributed by atoms with Gasteiger partial charge in [-0.15, -0.1) is 0 Å². The van der Waals surface area contributed by atoms with E-state index in [4.69, 9.17) is 21.1 Å². The first-order valence-electron chi connectivity index (χ1n) is 8.27. The molecule has 26 heavy (non-hydrogen) atoms. The molecule has 138 valence electrons. The van der Waals surface area contributed by atoms with E-state index in [0.717, 1.165) is 16.7 Å². The molecule has 5 nitrogen and oxygen atoms in total. The van der Waals surface area contributed by atoms with Crippen molar-refractivity contribution in [1.29, 1.82) is 0 Å². The van der Waals surface area contributed by atoms with Crippen LogP contribution >= 0.6 is 11.6 Å². The summed E-state index contributed by atoms with van der Waals surface area (Å²) in [6, 6.07) is 13.0. The molecule has 0 aliphatic rings. The number of ether oxygens (including phenoxy) is 2. The zero-order chi connectivity index (χ0) is 19.1. The molecule has 0 radical (unpaired) electrons. The van der Waals surface area contributed by atoms with Gasteiger partial charge in [0.05, 0.1) is 0 Å². The Morgan fingerprint density at radius 2 is 1.73 bits per heavy atom. The van der Waals surface area contributed by atoms with Crippen molar-refractivity contribution in [3.8, 4) is 5.75 Å². The SMILES string of the molecule is Cc1cc(Cl)cc(C)c1OCC(=O)O[C@H](C)C(=O)NCc1ccccc1. The van der Waals surface area contributed by atoms with Gasteiger partial charge in [-0.1, -0.05) is 41.9 Å². The minimum Gasteiger partial charge on any atom is -0.481 e. The van der Waals surface area contributed by atoms with Gasteiger partial charge in [-0.05, 0) is 49.6 Å². The molecule has 2 aromatic carbocycles. The monoisotopic (exact) mass is 375 g/mol. The molecule has 2 rings (SSSR count). The number of halogens is 1. The highest BCUT2D eigenvalue weighted by molar-refractivity contribution is 6.30. The van der Waals surface area contributed by atoms with E-state index in [1.54, 1.807) is 12.1 Å². The van der Waals surface area contributed by atoms with Crippen LogP contribution in [0.1, 0.15) is 23.6 Å². The smallest absolute Gasteiger partial charge is 0.344 e. The number of benzene rings is 2. The highest BCUT2D eigenvalue weighted by atomic mass is 35.5. The second-order valence-corrected chi connectivity index (χ2v) is 6.43. The van der Waals surface area contributed by atoms with Crippen molar-refractivity contribution in [2.24, 2.45) is 0 Å². The average Bonchev–Trinajstić information content (AvgIpc) is 2.59. The molecule has 6 heteroatoms. The van der Waals surface area contributed by atoms with Crippen molar-refractivity contribution in [2.45, 2.75) is 33.4 Å². The molecule has 0 spiro atoms. The maximum atomic E-state index is 12.0. The summed E-state index contributed by atoms with van der Waals surface area (Å²) in [5, 5.41) is 3.34. The van der Waals surface area contributed by atoms with E-state index >= 15 is 0 Å². The van der Waals surface area contributed by atoms with Crippen LogP contribution in [0.4, 0.5) is 0 Å². The highest BCUT2D eigenvalue weighted by Crippen LogP contribution is 2.26. The maximum absolute atomic E-state index is 12.0. The van der Waals surface area contributed by atoms with Crippen LogP contribution in [0.2, 0.25) is 5.02 Å². The molecule has 0 aromatic heterocycles. The van der Waals surface area contributed by atoms with Gasteiger partial charge < -0.3 is 14.8 Å². The lowest BCUT2D eigenvalue weighted by Crippen LogP contribution is -2.36. The number of carbonyl (C=O) groups is 2. The van der Waals surface area contributed by atoms with Gasteiger partial charge in [0.2, 0.25) is 0 Å². The van der Waals surface area contributed by atoms with Gasteiger partial charge in [0.1, 0.15) is 5.75 Å². The van der Waals surface area contributed by atoms with Gasteiger partial charge in [0.15, 0.2) is 12.7 Å². The van der Waals surface area contributed by atoms with E-state index in [1.807, 2.05) is 44.2 Å². The Labute approximate surface area is 158 Å². The zero-order valence-corrected chi connectivity index (χ0v) is 15.8. The molecule has 2 aromatic rings. The molecule has 0 unspecified atom stereocenters. The third-order valence-corrected chi connectivity index (χ3v) is 3.96. The second-order valence-electron chi connectivity index (χ2n) is 5.99. The summed E-state index contributed by atoms with van der Waals surface area (Å²) >= 11 is 5.97. The van der Waals surface area contributed by atoms with E-state index < -0.39 is 12.1 Å². The lowest BCUT2D eigenvalue weighted by molar-refractivity contribution is -0.156. The van der Waals surface area contributed by atoms with Crippen molar-refractivity contribution in [2.75, 3.05) is 6.61 Å². The Kier molecular flexibility index (Phi) is 7.04. The Hall–Kier alpha value is -2.53. The molecular weight excluding hydrogens is 354 g/mol. The molecular formula is C20H22ClNO4. The number of amides is 1. The Bertz CT molecular complexity index is 754. The fraction of sp³-hybridized carbons (Fsp3) is 0.300. The normalized spacial score (nSPS) is 11.5. The Morgan fingerprint density at radius 3 is 2.35 bits per heavy atom. The molecule has 0 saturated carbocycles. The van der Waals surface area contributed by atoms with E-state index in [-0.39, 0.29) is 12.5 Å². The minimum absolute atomic E-state index is 0.278.